The summed E-state index contributed by atoms with van der Waals surface area (Å²) < 4.78 is 1.77. The van der Waals surface area contributed by atoms with Gasteiger partial charge < -0.3 is 10.4 Å². The third kappa shape index (κ3) is 4.21. The number of hydrogen-bond donors (Lipinski definition) is 2. The van der Waals surface area contributed by atoms with Gasteiger partial charge in [-0.25, -0.2) is 0 Å². The van der Waals surface area contributed by atoms with Gasteiger partial charge in [0.25, 0.3) is 5.91 Å². The fourth-order valence-electron chi connectivity index (χ4n) is 3.57. The third-order valence-corrected chi connectivity index (χ3v) is 5.14. The van der Waals surface area contributed by atoms with E-state index in [-0.39, 0.29) is 17.9 Å². The first-order valence-corrected chi connectivity index (χ1v) is 9.50. The SMILES string of the molecule is O=C(N[C@@H]1CC(Cn2cc(Cl)cn2)C[C@H]1O)c1ccc(-c2ccccn2)nc1. The smallest absolute Gasteiger partial charge is 0.253 e. The molecule has 0 aromatic carbocycles. The summed E-state index contributed by atoms with van der Waals surface area (Å²) in [5, 5.41) is 18.0. The minimum Gasteiger partial charge on any atom is -0.391 e. The molecule has 8 heteroatoms. The van der Waals surface area contributed by atoms with Gasteiger partial charge >= 0.3 is 0 Å². The molecule has 7 nitrogen and oxygen atoms in total. The van der Waals surface area contributed by atoms with Gasteiger partial charge in [-0.2, -0.15) is 5.10 Å². The van der Waals surface area contributed by atoms with Crippen LogP contribution in [0.25, 0.3) is 11.4 Å². The summed E-state index contributed by atoms with van der Waals surface area (Å²) in [6.45, 7) is 0.663. The van der Waals surface area contributed by atoms with Crippen LogP contribution in [0.1, 0.15) is 23.2 Å². The highest BCUT2D eigenvalue weighted by Gasteiger charge is 2.34. The number of carbonyl (C=O) groups excluding carboxylic acids is 1. The van der Waals surface area contributed by atoms with E-state index in [0.717, 1.165) is 5.69 Å². The van der Waals surface area contributed by atoms with Crippen LogP contribution in [-0.2, 0) is 6.54 Å². The Labute approximate surface area is 167 Å². The number of nitrogens with zero attached hydrogens (tertiary/aromatic N) is 4. The predicted molar refractivity (Wildman–Crippen MR) is 105 cm³/mol. The van der Waals surface area contributed by atoms with Crippen LogP contribution >= 0.6 is 11.6 Å². The first kappa shape index (κ1) is 18.6. The molecule has 0 bridgehead atoms. The molecule has 0 spiro atoms. The van der Waals surface area contributed by atoms with Gasteiger partial charge in [0.15, 0.2) is 0 Å². The highest BCUT2D eigenvalue weighted by Crippen LogP contribution is 2.28. The second kappa shape index (κ2) is 8.08. The summed E-state index contributed by atoms with van der Waals surface area (Å²) in [6.07, 6.45) is 7.29. The summed E-state index contributed by atoms with van der Waals surface area (Å²) in [7, 11) is 0. The molecule has 3 heterocycles. The summed E-state index contributed by atoms with van der Waals surface area (Å²) in [5.74, 6) is -0.0205. The maximum Gasteiger partial charge on any atom is 0.253 e. The van der Waals surface area contributed by atoms with Gasteiger partial charge in [-0.3, -0.25) is 19.4 Å². The van der Waals surface area contributed by atoms with E-state index < -0.39 is 6.10 Å². The maximum atomic E-state index is 12.5. The second-order valence-corrected chi connectivity index (χ2v) is 7.45. The molecule has 28 heavy (non-hydrogen) atoms. The fourth-order valence-corrected chi connectivity index (χ4v) is 3.73. The van der Waals surface area contributed by atoms with Crippen LogP contribution in [0.2, 0.25) is 5.02 Å². The van der Waals surface area contributed by atoms with Crippen molar-refractivity contribution >= 4 is 17.5 Å². The van der Waals surface area contributed by atoms with Gasteiger partial charge in [0, 0.05) is 25.1 Å². The van der Waals surface area contributed by atoms with E-state index in [1.807, 2.05) is 18.2 Å². The van der Waals surface area contributed by atoms with Crippen molar-refractivity contribution in [3.63, 3.8) is 0 Å². The van der Waals surface area contributed by atoms with Crippen molar-refractivity contribution in [1.82, 2.24) is 25.1 Å². The predicted octanol–water partition coefficient (Wildman–Crippen LogP) is 2.56. The Morgan fingerprint density at radius 1 is 1.18 bits per heavy atom. The zero-order valence-corrected chi connectivity index (χ0v) is 15.8. The van der Waals surface area contributed by atoms with E-state index in [2.05, 4.69) is 20.4 Å². The van der Waals surface area contributed by atoms with E-state index in [9.17, 15) is 9.90 Å². The highest BCUT2D eigenvalue weighted by atomic mass is 35.5. The standard InChI is InChI=1S/C20H20ClN5O2/c21-15-10-24-26(12-15)11-13-7-18(19(27)8-13)25-20(28)14-4-5-17(23-9-14)16-3-1-2-6-22-16/h1-6,9-10,12-13,18-19,27H,7-8,11H2,(H,25,28)/t13?,18-,19-/m1/s1. The van der Waals surface area contributed by atoms with Crippen LogP contribution < -0.4 is 5.32 Å². The molecule has 3 aromatic rings. The Kier molecular flexibility index (Phi) is 5.36. The van der Waals surface area contributed by atoms with Crippen LogP contribution in [-0.4, -0.2) is 42.9 Å². The van der Waals surface area contributed by atoms with Gasteiger partial charge in [0.05, 0.1) is 40.3 Å². The van der Waals surface area contributed by atoms with Crippen molar-refractivity contribution < 1.29 is 9.90 Å². The molecule has 144 valence electrons. The molecule has 3 atom stereocenters. The topological polar surface area (TPSA) is 92.9 Å². The quantitative estimate of drug-likeness (QED) is 0.690. The third-order valence-electron chi connectivity index (χ3n) is 4.94. The van der Waals surface area contributed by atoms with Crippen molar-refractivity contribution in [1.29, 1.82) is 0 Å². The molecule has 1 unspecified atom stereocenters. The molecule has 1 fully saturated rings. The molecule has 4 rings (SSSR count). The molecule has 1 saturated carbocycles. The lowest BCUT2D eigenvalue weighted by molar-refractivity contribution is 0.0872. The number of carbonyl (C=O) groups is 1. The van der Waals surface area contributed by atoms with Crippen molar-refractivity contribution in [2.24, 2.45) is 5.92 Å². The number of nitrogens with one attached hydrogen (secondary N) is 1. The summed E-state index contributed by atoms with van der Waals surface area (Å²) in [6, 6.07) is 8.79. The molecule has 2 N–H and O–H groups in total. The molecule has 1 aliphatic rings. The van der Waals surface area contributed by atoms with Crippen LogP contribution in [0.4, 0.5) is 0 Å². The summed E-state index contributed by atoms with van der Waals surface area (Å²) >= 11 is 5.89. The zero-order chi connectivity index (χ0) is 19.5. The largest absolute Gasteiger partial charge is 0.391 e. The minimum atomic E-state index is -0.583. The van der Waals surface area contributed by atoms with Crippen molar-refractivity contribution in [2.75, 3.05) is 0 Å². The number of rotatable bonds is 5. The van der Waals surface area contributed by atoms with Crippen LogP contribution in [0.3, 0.4) is 0 Å². The highest BCUT2D eigenvalue weighted by molar-refractivity contribution is 6.30. The number of amides is 1. The van der Waals surface area contributed by atoms with Gasteiger partial charge in [-0.1, -0.05) is 17.7 Å². The monoisotopic (exact) mass is 397 g/mol. The van der Waals surface area contributed by atoms with E-state index >= 15 is 0 Å². The fraction of sp³-hybridized carbons (Fsp3) is 0.300. The number of aliphatic hydroxyl groups excluding tert-OH is 1. The van der Waals surface area contributed by atoms with Gasteiger partial charge in [-0.15, -0.1) is 0 Å². The average Bonchev–Trinajstić information content (AvgIpc) is 3.27. The molecular formula is C20H20ClN5O2. The van der Waals surface area contributed by atoms with Crippen LogP contribution in [0.15, 0.2) is 55.1 Å². The van der Waals surface area contributed by atoms with Gasteiger partial charge in [-0.05, 0) is 43.0 Å². The molecular weight excluding hydrogens is 378 g/mol. The van der Waals surface area contributed by atoms with Gasteiger partial charge in [0.1, 0.15) is 0 Å². The molecule has 0 aliphatic heterocycles. The van der Waals surface area contributed by atoms with Crippen molar-refractivity contribution in [2.45, 2.75) is 31.5 Å². The lowest BCUT2D eigenvalue weighted by atomic mass is 10.1. The molecule has 0 saturated heterocycles. The number of halogens is 1. The number of pyridine rings is 2. The average molecular weight is 398 g/mol. The molecule has 3 aromatic heterocycles. The maximum absolute atomic E-state index is 12.5. The summed E-state index contributed by atoms with van der Waals surface area (Å²) in [5.41, 5.74) is 1.91. The first-order valence-electron chi connectivity index (χ1n) is 9.13. The van der Waals surface area contributed by atoms with Crippen LogP contribution in [0.5, 0.6) is 0 Å². The number of aromatic nitrogens is 4. The normalized spacial score (nSPS) is 21.6. The second-order valence-electron chi connectivity index (χ2n) is 7.01. The Hall–Kier alpha value is -2.77. The first-order chi connectivity index (χ1) is 13.6. The van der Waals surface area contributed by atoms with Crippen molar-refractivity contribution in [3.05, 3.63) is 65.7 Å². The lowest BCUT2D eigenvalue weighted by Gasteiger charge is -2.16. The van der Waals surface area contributed by atoms with E-state index in [0.29, 0.717) is 35.7 Å². The number of aliphatic hydroxyl groups is 1. The Bertz CT molecular complexity index is 945. The Morgan fingerprint density at radius 2 is 2.04 bits per heavy atom. The minimum absolute atomic E-state index is 0.223. The molecule has 1 aliphatic carbocycles. The van der Waals surface area contributed by atoms with Crippen LogP contribution in [0, 0.1) is 5.92 Å². The van der Waals surface area contributed by atoms with E-state index in [1.54, 1.807) is 35.4 Å². The number of hydrogen-bond acceptors (Lipinski definition) is 5. The zero-order valence-electron chi connectivity index (χ0n) is 15.1. The van der Waals surface area contributed by atoms with E-state index in [1.165, 1.54) is 6.20 Å². The molecule has 0 radical (unpaired) electrons. The Morgan fingerprint density at radius 3 is 2.71 bits per heavy atom. The lowest BCUT2D eigenvalue weighted by Crippen LogP contribution is -2.39. The van der Waals surface area contributed by atoms with Crippen molar-refractivity contribution in [3.8, 4) is 11.4 Å². The molecule has 1 amide bonds. The van der Waals surface area contributed by atoms with Gasteiger partial charge in [0.2, 0.25) is 0 Å². The van der Waals surface area contributed by atoms with E-state index in [4.69, 9.17) is 11.6 Å². The summed E-state index contributed by atoms with van der Waals surface area (Å²) in [4.78, 5) is 21.1. The Balaban J connectivity index is 1.36.